The number of amides is 1. The molecule has 0 heterocycles. The lowest BCUT2D eigenvalue weighted by Gasteiger charge is -2.21. The predicted octanol–water partition coefficient (Wildman–Crippen LogP) is 3.10. The Balaban J connectivity index is 3.30. The molecule has 1 N–H and O–H groups in total. The summed E-state index contributed by atoms with van der Waals surface area (Å²) in [5, 5.41) is 2.77. The molecule has 1 amide bonds. The van der Waals surface area contributed by atoms with Gasteiger partial charge in [-0.15, -0.1) is 0 Å². The van der Waals surface area contributed by atoms with E-state index >= 15 is 0 Å². The highest BCUT2D eigenvalue weighted by molar-refractivity contribution is 7.89. The fraction of sp³-hybridized carbons (Fsp3) is 0.588. The Morgan fingerprint density at radius 2 is 1.83 bits per heavy atom. The van der Waals surface area contributed by atoms with E-state index < -0.39 is 10.0 Å². The van der Waals surface area contributed by atoms with Crippen molar-refractivity contribution in [1.82, 2.24) is 4.31 Å². The van der Waals surface area contributed by atoms with Crippen LogP contribution < -0.4 is 10.1 Å². The van der Waals surface area contributed by atoms with Gasteiger partial charge in [-0.3, -0.25) is 4.79 Å². The average Bonchev–Trinajstić information content (AvgIpc) is 2.56. The number of hydrogen-bond acceptors (Lipinski definition) is 4. The lowest BCUT2D eigenvalue weighted by molar-refractivity contribution is -0.119. The molecule has 0 fully saturated rings. The van der Waals surface area contributed by atoms with Gasteiger partial charge >= 0.3 is 0 Å². The molecule has 0 spiro atoms. The molecule has 0 aromatic heterocycles. The van der Waals surface area contributed by atoms with Crippen LogP contribution >= 0.6 is 0 Å². The van der Waals surface area contributed by atoms with E-state index in [2.05, 4.69) is 5.32 Å². The van der Waals surface area contributed by atoms with Gasteiger partial charge in [0.15, 0.2) is 0 Å². The quantitative estimate of drug-likeness (QED) is 0.738. The number of hydrogen-bond donors (Lipinski definition) is 1. The zero-order valence-electron chi connectivity index (χ0n) is 15.1. The van der Waals surface area contributed by atoms with Gasteiger partial charge in [0.2, 0.25) is 15.9 Å². The van der Waals surface area contributed by atoms with Crippen molar-refractivity contribution in [2.75, 3.05) is 25.0 Å². The number of ether oxygens (including phenoxy) is 1. The van der Waals surface area contributed by atoms with Crippen LogP contribution in [0.25, 0.3) is 0 Å². The molecule has 0 aliphatic rings. The molecule has 1 aromatic carbocycles. The standard InChI is InChI=1S/C17H28N2O4S/c1-6-13(5)17(20)18-14-10-11-15(23-9-4)16(12-14)24(21,22)19(7-2)8-3/h10-13H,6-9H2,1-5H3,(H,18,20). The Bertz CT molecular complexity index is 655. The minimum atomic E-state index is -3.68. The van der Waals surface area contributed by atoms with Crippen molar-refractivity contribution in [2.45, 2.75) is 45.9 Å². The summed E-state index contributed by atoms with van der Waals surface area (Å²) < 4.78 is 32.5. The fourth-order valence-corrected chi connectivity index (χ4v) is 3.83. The molecule has 1 atom stereocenters. The first-order chi connectivity index (χ1) is 11.3. The van der Waals surface area contributed by atoms with E-state index in [9.17, 15) is 13.2 Å². The van der Waals surface area contributed by atoms with Crippen LogP contribution in [0.1, 0.15) is 41.0 Å². The van der Waals surface area contributed by atoms with Gasteiger partial charge < -0.3 is 10.1 Å². The van der Waals surface area contributed by atoms with Crippen molar-refractivity contribution in [3.05, 3.63) is 18.2 Å². The Hall–Kier alpha value is -1.60. The SMILES string of the molecule is CCOc1ccc(NC(=O)C(C)CC)cc1S(=O)(=O)N(CC)CC. The van der Waals surface area contributed by atoms with E-state index in [1.807, 2.05) is 13.8 Å². The van der Waals surface area contributed by atoms with Crippen molar-refractivity contribution >= 4 is 21.6 Å². The van der Waals surface area contributed by atoms with E-state index in [0.717, 1.165) is 0 Å². The zero-order valence-corrected chi connectivity index (χ0v) is 15.9. The van der Waals surface area contributed by atoms with Gasteiger partial charge in [-0.05, 0) is 31.5 Å². The van der Waals surface area contributed by atoms with Crippen LogP contribution in [0.5, 0.6) is 5.75 Å². The molecule has 0 radical (unpaired) electrons. The molecule has 1 rings (SSSR count). The monoisotopic (exact) mass is 356 g/mol. The Kier molecular flexibility index (Phi) is 7.69. The molecule has 0 bridgehead atoms. The van der Waals surface area contributed by atoms with Gasteiger partial charge in [-0.1, -0.05) is 27.7 Å². The van der Waals surface area contributed by atoms with Crippen LogP contribution in [0.2, 0.25) is 0 Å². The van der Waals surface area contributed by atoms with E-state index in [4.69, 9.17) is 4.74 Å². The van der Waals surface area contributed by atoms with Crippen molar-refractivity contribution in [3.63, 3.8) is 0 Å². The number of anilines is 1. The van der Waals surface area contributed by atoms with Crippen LogP contribution in [0.4, 0.5) is 5.69 Å². The summed E-state index contributed by atoms with van der Waals surface area (Å²) in [5.74, 6) is 0.0261. The first-order valence-corrected chi connectivity index (χ1v) is 9.83. The molecule has 0 aliphatic heterocycles. The fourth-order valence-electron chi connectivity index (χ4n) is 2.22. The molecule has 0 aliphatic carbocycles. The average molecular weight is 356 g/mol. The van der Waals surface area contributed by atoms with Gasteiger partial charge in [0.05, 0.1) is 6.61 Å². The molecule has 1 unspecified atom stereocenters. The molecule has 7 heteroatoms. The Morgan fingerprint density at radius 3 is 2.33 bits per heavy atom. The summed E-state index contributed by atoms with van der Waals surface area (Å²) in [5.41, 5.74) is 0.453. The topological polar surface area (TPSA) is 75.7 Å². The van der Waals surface area contributed by atoms with Crippen LogP contribution in [0.15, 0.2) is 23.1 Å². The van der Waals surface area contributed by atoms with Crippen molar-refractivity contribution in [2.24, 2.45) is 5.92 Å². The summed E-state index contributed by atoms with van der Waals surface area (Å²) in [6.07, 6.45) is 0.716. The minimum absolute atomic E-state index is 0.0787. The summed E-state index contributed by atoms with van der Waals surface area (Å²) >= 11 is 0. The number of carbonyl (C=O) groups is 1. The van der Waals surface area contributed by atoms with Crippen LogP contribution in [0, 0.1) is 5.92 Å². The summed E-state index contributed by atoms with van der Waals surface area (Å²) in [6, 6.07) is 4.72. The van der Waals surface area contributed by atoms with Crippen LogP contribution in [-0.2, 0) is 14.8 Å². The highest BCUT2D eigenvalue weighted by Gasteiger charge is 2.26. The van der Waals surface area contributed by atoms with E-state index in [1.165, 1.54) is 10.4 Å². The Morgan fingerprint density at radius 1 is 1.21 bits per heavy atom. The third-order valence-corrected chi connectivity index (χ3v) is 5.97. The molecule has 24 heavy (non-hydrogen) atoms. The van der Waals surface area contributed by atoms with Gasteiger partial charge in [-0.25, -0.2) is 8.42 Å². The van der Waals surface area contributed by atoms with Crippen LogP contribution in [-0.4, -0.2) is 38.3 Å². The molecule has 136 valence electrons. The molecule has 6 nitrogen and oxygen atoms in total. The molecule has 0 saturated heterocycles. The Labute approximate surface area is 145 Å². The maximum atomic E-state index is 12.9. The van der Waals surface area contributed by atoms with Crippen molar-refractivity contribution in [1.29, 1.82) is 0 Å². The van der Waals surface area contributed by atoms with Crippen molar-refractivity contribution < 1.29 is 17.9 Å². The van der Waals surface area contributed by atoms with Gasteiger partial charge in [0.25, 0.3) is 0 Å². The second-order valence-corrected chi connectivity index (χ2v) is 7.39. The van der Waals surface area contributed by atoms with Crippen molar-refractivity contribution in [3.8, 4) is 5.75 Å². The largest absolute Gasteiger partial charge is 0.492 e. The number of nitrogens with one attached hydrogen (secondary N) is 1. The highest BCUT2D eigenvalue weighted by atomic mass is 32.2. The van der Waals surface area contributed by atoms with E-state index in [1.54, 1.807) is 32.9 Å². The lowest BCUT2D eigenvalue weighted by atomic mass is 10.1. The van der Waals surface area contributed by atoms with Gasteiger partial charge in [0.1, 0.15) is 10.6 Å². The first-order valence-electron chi connectivity index (χ1n) is 8.39. The summed E-state index contributed by atoms with van der Waals surface area (Å²) in [7, 11) is -3.68. The number of benzene rings is 1. The molecular formula is C17H28N2O4S. The summed E-state index contributed by atoms with van der Waals surface area (Å²) in [4.78, 5) is 12.1. The highest BCUT2D eigenvalue weighted by Crippen LogP contribution is 2.30. The first kappa shape index (κ1) is 20.4. The third kappa shape index (κ3) is 4.70. The number of carbonyl (C=O) groups excluding carboxylic acids is 1. The van der Waals surface area contributed by atoms with Crippen LogP contribution in [0.3, 0.4) is 0 Å². The van der Waals surface area contributed by atoms with E-state index in [-0.39, 0.29) is 16.7 Å². The minimum Gasteiger partial charge on any atom is -0.492 e. The lowest BCUT2D eigenvalue weighted by Crippen LogP contribution is -2.31. The second-order valence-electron chi connectivity index (χ2n) is 5.48. The number of sulfonamides is 1. The van der Waals surface area contributed by atoms with Gasteiger partial charge in [-0.2, -0.15) is 4.31 Å². The number of nitrogens with zero attached hydrogens (tertiary/aromatic N) is 1. The maximum Gasteiger partial charge on any atom is 0.246 e. The smallest absolute Gasteiger partial charge is 0.246 e. The third-order valence-electron chi connectivity index (χ3n) is 3.89. The molecule has 0 saturated carbocycles. The molecular weight excluding hydrogens is 328 g/mol. The zero-order chi connectivity index (χ0) is 18.3. The maximum absolute atomic E-state index is 12.9. The predicted molar refractivity (Wildman–Crippen MR) is 95.8 cm³/mol. The van der Waals surface area contributed by atoms with E-state index in [0.29, 0.717) is 37.6 Å². The summed E-state index contributed by atoms with van der Waals surface area (Å²) in [6.45, 7) is 10.2. The number of rotatable bonds is 9. The second kappa shape index (κ2) is 9.03. The normalized spacial score (nSPS) is 12.9. The van der Waals surface area contributed by atoms with Gasteiger partial charge in [0, 0.05) is 24.7 Å². The molecule has 1 aromatic rings.